The van der Waals surface area contributed by atoms with E-state index in [2.05, 4.69) is 12.2 Å². The third-order valence-corrected chi connectivity index (χ3v) is 6.76. The maximum Gasteiger partial charge on any atom is 0.217 e. The lowest BCUT2D eigenvalue weighted by atomic mass is 9.97. The first-order valence-electron chi connectivity index (χ1n) is 13.4. The molecule has 2 fully saturated rings. The van der Waals surface area contributed by atoms with Crippen LogP contribution in [0.5, 0.6) is 0 Å². The van der Waals surface area contributed by atoms with Crippen LogP contribution in [0.15, 0.2) is 12.2 Å². The fourth-order valence-electron chi connectivity index (χ4n) is 4.44. The maximum atomic E-state index is 11.7. The van der Waals surface area contributed by atoms with E-state index in [1.54, 1.807) is 6.08 Å². The number of unbranched alkanes of at least 4 members (excludes halogenated alkanes) is 4. The van der Waals surface area contributed by atoms with E-state index in [1.807, 2.05) is 6.08 Å². The number of hydrogen-bond donors (Lipinski definition) is 9. The lowest BCUT2D eigenvalue weighted by Gasteiger charge is -2.46. The van der Waals surface area contributed by atoms with Gasteiger partial charge in [-0.1, -0.05) is 38.3 Å². The molecule has 14 heteroatoms. The highest BCUT2D eigenvalue weighted by molar-refractivity contribution is 5.73. The Labute approximate surface area is 227 Å². The van der Waals surface area contributed by atoms with Crippen molar-refractivity contribution in [2.45, 2.75) is 120 Å². The Morgan fingerprint density at radius 3 is 2.15 bits per heavy atom. The second-order valence-corrected chi connectivity index (χ2v) is 9.91. The van der Waals surface area contributed by atoms with Gasteiger partial charge in [-0.15, -0.1) is 0 Å². The molecule has 9 N–H and O–H groups in total. The van der Waals surface area contributed by atoms with Crippen molar-refractivity contribution in [3.8, 4) is 0 Å². The fourth-order valence-corrected chi connectivity index (χ4v) is 4.44. The van der Waals surface area contributed by atoms with Crippen molar-refractivity contribution in [2.75, 3.05) is 19.8 Å². The minimum atomic E-state index is -1.78. The van der Waals surface area contributed by atoms with Gasteiger partial charge in [-0.3, -0.25) is 4.79 Å². The standard InChI is InChI=1S/C25H45NO13/c1-3-4-5-6-7-8-9-15(30)14(26-13(2)29)12-36-24-22(35)20(33)23(17(11-28)38-24)39-25-21(34)19(32)18(31)16(10-27)37-25/h8-9,14-25,27-28,30-35H,3-7,10-12H2,1-2H3,(H,26,29)/b9-8+. The average molecular weight is 568 g/mol. The molecule has 2 saturated heterocycles. The highest BCUT2D eigenvalue weighted by atomic mass is 16.7. The Hall–Kier alpha value is -1.27. The van der Waals surface area contributed by atoms with Crippen molar-refractivity contribution in [1.29, 1.82) is 0 Å². The predicted octanol–water partition coefficient (Wildman–Crippen LogP) is -2.98. The number of aliphatic hydroxyl groups excluding tert-OH is 8. The first-order chi connectivity index (χ1) is 18.5. The molecule has 2 aliphatic rings. The second-order valence-electron chi connectivity index (χ2n) is 9.91. The fraction of sp³-hybridized carbons (Fsp3) is 0.880. The Bertz CT molecular complexity index is 739. The van der Waals surface area contributed by atoms with Crippen LogP contribution in [0, 0.1) is 0 Å². The number of aliphatic hydroxyl groups is 8. The van der Waals surface area contributed by atoms with E-state index in [-0.39, 0.29) is 6.61 Å². The molecule has 0 aromatic rings. The summed E-state index contributed by atoms with van der Waals surface area (Å²) in [6.07, 6.45) is -8.51. The van der Waals surface area contributed by atoms with Gasteiger partial charge < -0.3 is 65.1 Å². The number of rotatable bonds is 15. The first kappa shape index (κ1) is 33.9. The van der Waals surface area contributed by atoms with Gasteiger partial charge in [0.1, 0.15) is 48.8 Å². The van der Waals surface area contributed by atoms with E-state index in [1.165, 1.54) is 6.92 Å². The van der Waals surface area contributed by atoms with E-state index >= 15 is 0 Å². The molecule has 39 heavy (non-hydrogen) atoms. The number of hydrogen-bond acceptors (Lipinski definition) is 13. The normalized spacial score (nSPS) is 37.1. The predicted molar refractivity (Wildman–Crippen MR) is 134 cm³/mol. The molecule has 12 atom stereocenters. The van der Waals surface area contributed by atoms with E-state index < -0.39 is 92.7 Å². The van der Waals surface area contributed by atoms with E-state index in [0.717, 1.165) is 32.1 Å². The van der Waals surface area contributed by atoms with E-state index in [4.69, 9.17) is 18.9 Å². The Morgan fingerprint density at radius 2 is 1.54 bits per heavy atom. The van der Waals surface area contributed by atoms with Crippen molar-refractivity contribution < 1.29 is 64.6 Å². The molecule has 0 aromatic heterocycles. The number of amides is 1. The lowest BCUT2D eigenvalue weighted by Crippen LogP contribution is -2.65. The summed E-state index contributed by atoms with van der Waals surface area (Å²) in [5.41, 5.74) is 0. The first-order valence-corrected chi connectivity index (χ1v) is 13.4. The van der Waals surface area contributed by atoms with Crippen molar-refractivity contribution in [1.82, 2.24) is 5.32 Å². The molecule has 12 unspecified atom stereocenters. The molecule has 228 valence electrons. The topological polar surface area (TPSA) is 228 Å². The Morgan fingerprint density at radius 1 is 0.897 bits per heavy atom. The highest BCUT2D eigenvalue weighted by Crippen LogP contribution is 2.29. The van der Waals surface area contributed by atoms with Gasteiger partial charge in [-0.05, 0) is 12.8 Å². The van der Waals surface area contributed by atoms with E-state index in [9.17, 15) is 45.6 Å². The summed E-state index contributed by atoms with van der Waals surface area (Å²) >= 11 is 0. The van der Waals surface area contributed by atoms with Gasteiger partial charge in [-0.2, -0.15) is 0 Å². The molecule has 0 saturated carbocycles. The molecular weight excluding hydrogens is 522 g/mol. The number of allylic oxidation sites excluding steroid dienone is 1. The van der Waals surface area contributed by atoms with Crippen LogP contribution in [0.1, 0.15) is 46.0 Å². The smallest absolute Gasteiger partial charge is 0.217 e. The molecule has 1 amide bonds. The Balaban J connectivity index is 2.01. The summed E-state index contributed by atoms with van der Waals surface area (Å²) < 4.78 is 21.9. The SMILES string of the molecule is CCCCCC/C=C/C(O)C(COC1OC(CO)C(OC2OC(CO)C(O)C(O)C2O)C(O)C1O)NC(C)=O. The summed E-state index contributed by atoms with van der Waals surface area (Å²) in [6, 6.07) is -0.905. The molecule has 0 bridgehead atoms. The van der Waals surface area contributed by atoms with Gasteiger partial charge in [0, 0.05) is 6.92 Å². The molecule has 0 aromatic carbocycles. The summed E-state index contributed by atoms with van der Waals surface area (Å²) in [5.74, 6) is -0.426. The van der Waals surface area contributed by atoms with E-state index in [0.29, 0.717) is 0 Å². The number of nitrogens with one attached hydrogen (secondary N) is 1. The van der Waals surface area contributed by atoms with Crippen molar-refractivity contribution in [3.63, 3.8) is 0 Å². The zero-order chi connectivity index (χ0) is 29.1. The van der Waals surface area contributed by atoms with Crippen LogP contribution in [0.4, 0.5) is 0 Å². The van der Waals surface area contributed by atoms with Crippen LogP contribution in [-0.2, 0) is 23.7 Å². The summed E-state index contributed by atoms with van der Waals surface area (Å²) in [7, 11) is 0. The van der Waals surface area contributed by atoms with Gasteiger partial charge in [0.05, 0.1) is 32.0 Å². The van der Waals surface area contributed by atoms with Crippen molar-refractivity contribution >= 4 is 5.91 Å². The zero-order valence-electron chi connectivity index (χ0n) is 22.4. The third kappa shape index (κ3) is 9.66. The van der Waals surface area contributed by atoms with Crippen LogP contribution in [0.2, 0.25) is 0 Å². The van der Waals surface area contributed by atoms with Gasteiger partial charge in [-0.25, -0.2) is 0 Å². The summed E-state index contributed by atoms with van der Waals surface area (Å²) in [5, 5.41) is 83.8. The van der Waals surface area contributed by atoms with Crippen molar-refractivity contribution in [2.24, 2.45) is 0 Å². The van der Waals surface area contributed by atoms with Crippen LogP contribution in [0.3, 0.4) is 0 Å². The van der Waals surface area contributed by atoms with Crippen LogP contribution < -0.4 is 5.32 Å². The average Bonchev–Trinajstić information content (AvgIpc) is 2.91. The molecule has 2 heterocycles. The molecule has 14 nitrogen and oxygen atoms in total. The minimum absolute atomic E-state index is 0.314. The summed E-state index contributed by atoms with van der Waals surface area (Å²) in [4.78, 5) is 11.7. The molecule has 2 aliphatic heterocycles. The molecular formula is C25H45NO13. The van der Waals surface area contributed by atoms with Gasteiger partial charge in [0.25, 0.3) is 0 Å². The molecule has 0 aliphatic carbocycles. The second kappa shape index (κ2) is 16.9. The number of carbonyl (C=O) groups excluding carboxylic acids is 1. The van der Waals surface area contributed by atoms with Gasteiger partial charge >= 0.3 is 0 Å². The van der Waals surface area contributed by atoms with Crippen molar-refractivity contribution in [3.05, 3.63) is 12.2 Å². The van der Waals surface area contributed by atoms with Crippen LogP contribution in [0.25, 0.3) is 0 Å². The lowest BCUT2D eigenvalue weighted by molar-refractivity contribution is -0.359. The van der Waals surface area contributed by atoms with Gasteiger partial charge in [0.15, 0.2) is 12.6 Å². The maximum absolute atomic E-state index is 11.7. The number of ether oxygens (including phenoxy) is 4. The summed E-state index contributed by atoms with van der Waals surface area (Å²) in [6.45, 7) is 1.65. The monoisotopic (exact) mass is 567 g/mol. The van der Waals surface area contributed by atoms with Crippen LogP contribution >= 0.6 is 0 Å². The Kier molecular flexibility index (Phi) is 14.7. The molecule has 2 rings (SSSR count). The zero-order valence-corrected chi connectivity index (χ0v) is 22.4. The minimum Gasteiger partial charge on any atom is -0.394 e. The van der Waals surface area contributed by atoms with Gasteiger partial charge in [0.2, 0.25) is 5.91 Å². The quantitative estimate of drug-likeness (QED) is 0.0712. The largest absolute Gasteiger partial charge is 0.394 e. The molecule has 0 spiro atoms. The third-order valence-electron chi connectivity index (χ3n) is 6.76. The molecule has 0 radical (unpaired) electrons. The van der Waals surface area contributed by atoms with Crippen LogP contribution in [-0.4, -0.2) is 140 Å². The number of carbonyl (C=O) groups is 1. The highest BCUT2D eigenvalue weighted by Gasteiger charge is 2.50.